The van der Waals surface area contributed by atoms with E-state index in [1.54, 1.807) is 12.1 Å². The molecule has 3 heterocycles. The van der Waals surface area contributed by atoms with E-state index in [0.29, 0.717) is 17.2 Å². The molecule has 1 aromatic carbocycles. The number of hydrogen-bond donors (Lipinski definition) is 1. The quantitative estimate of drug-likeness (QED) is 0.596. The molecular weight excluding hydrogens is 332 g/mol. The lowest BCUT2D eigenvalue weighted by atomic mass is 10.1. The van der Waals surface area contributed by atoms with Gasteiger partial charge in [0.05, 0.1) is 24.2 Å². The van der Waals surface area contributed by atoms with Crippen molar-refractivity contribution in [1.82, 2.24) is 20.4 Å². The molecule has 0 saturated heterocycles. The summed E-state index contributed by atoms with van der Waals surface area (Å²) in [5, 5.41) is 6.54. The second kappa shape index (κ2) is 7.02. The fourth-order valence-corrected chi connectivity index (χ4v) is 2.44. The molecule has 7 nitrogen and oxygen atoms in total. The van der Waals surface area contributed by atoms with Crippen molar-refractivity contribution in [2.45, 2.75) is 6.54 Å². The van der Waals surface area contributed by atoms with E-state index in [9.17, 15) is 4.79 Å². The number of carbonyl (C=O) groups excluding carboxylic acids is 1. The fraction of sp³-hybridized carbons (Fsp3) is 0.0526. The SMILES string of the molecule is O=C(NCc1cc(-c2ccccc2)ncn1)c1cc(-c2ccco2)on1. The van der Waals surface area contributed by atoms with Crippen molar-refractivity contribution in [2.75, 3.05) is 0 Å². The number of furan rings is 1. The predicted octanol–water partition coefficient (Wildman–Crippen LogP) is 3.32. The molecule has 0 atom stereocenters. The average Bonchev–Trinajstić information content (AvgIpc) is 3.38. The highest BCUT2D eigenvalue weighted by Gasteiger charge is 2.15. The Morgan fingerprint density at radius 3 is 2.69 bits per heavy atom. The van der Waals surface area contributed by atoms with E-state index in [1.807, 2.05) is 36.4 Å². The van der Waals surface area contributed by atoms with Crippen LogP contribution in [-0.2, 0) is 6.54 Å². The summed E-state index contributed by atoms with van der Waals surface area (Å²) in [5.41, 5.74) is 2.66. The van der Waals surface area contributed by atoms with Gasteiger partial charge in [-0.25, -0.2) is 9.97 Å². The second-order valence-corrected chi connectivity index (χ2v) is 5.50. The van der Waals surface area contributed by atoms with Crippen LogP contribution in [0.3, 0.4) is 0 Å². The highest BCUT2D eigenvalue weighted by atomic mass is 16.5. The lowest BCUT2D eigenvalue weighted by Crippen LogP contribution is -2.23. The highest BCUT2D eigenvalue weighted by Crippen LogP contribution is 2.20. The molecule has 0 spiro atoms. The van der Waals surface area contributed by atoms with Crippen molar-refractivity contribution in [2.24, 2.45) is 0 Å². The maximum atomic E-state index is 12.2. The molecule has 4 aromatic rings. The van der Waals surface area contributed by atoms with Crippen LogP contribution >= 0.6 is 0 Å². The minimum atomic E-state index is -0.355. The Bertz CT molecular complexity index is 1010. The van der Waals surface area contributed by atoms with E-state index >= 15 is 0 Å². The molecule has 0 unspecified atom stereocenters. The normalized spacial score (nSPS) is 10.6. The Labute approximate surface area is 148 Å². The van der Waals surface area contributed by atoms with Crippen LogP contribution in [0.2, 0.25) is 0 Å². The third-order valence-electron chi connectivity index (χ3n) is 3.73. The van der Waals surface area contributed by atoms with Crippen molar-refractivity contribution in [3.05, 3.63) is 78.6 Å². The van der Waals surface area contributed by atoms with E-state index in [4.69, 9.17) is 8.94 Å². The molecule has 1 amide bonds. The van der Waals surface area contributed by atoms with Crippen LogP contribution < -0.4 is 5.32 Å². The summed E-state index contributed by atoms with van der Waals surface area (Å²) >= 11 is 0. The summed E-state index contributed by atoms with van der Waals surface area (Å²) < 4.78 is 10.3. The molecule has 128 valence electrons. The molecule has 3 aromatic heterocycles. The van der Waals surface area contributed by atoms with E-state index < -0.39 is 0 Å². The van der Waals surface area contributed by atoms with Gasteiger partial charge in [-0.3, -0.25) is 4.79 Å². The average molecular weight is 346 g/mol. The second-order valence-electron chi connectivity index (χ2n) is 5.50. The maximum Gasteiger partial charge on any atom is 0.273 e. The largest absolute Gasteiger partial charge is 0.461 e. The number of rotatable bonds is 5. The van der Waals surface area contributed by atoms with Gasteiger partial charge in [0.15, 0.2) is 11.5 Å². The van der Waals surface area contributed by atoms with E-state index in [-0.39, 0.29) is 18.1 Å². The van der Waals surface area contributed by atoms with Gasteiger partial charge in [-0.15, -0.1) is 0 Å². The topological polar surface area (TPSA) is 94.1 Å². The summed E-state index contributed by atoms with van der Waals surface area (Å²) in [4.78, 5) is 20.7. The molecule has 0 bridgehead atoms. The number of carbonyl (C=O) groups is 1. The van der Waals surface area contributed by atoms with Crippen molar-refractivity contribution in [1.29, 1.82) is 0 Å². The van der Waals surface area contributed by atoms with Crippen LogP contribution in [0.25, 0.3) is 22.8 Å². The van der Waals surface area contributed by atoms with Gasteiger partial charge >= 0.3 is 0 Å². The Hall–Kier alpha value is -3.74. The molecule has 0 aliphatic carbocycles. The van der Waals surface area contributed by atoms with Gasteiger partial charge < -0.3 is 14.3 Å². The molecule has 4 rings (SSSR count). The number of nitrogens with zero attached hydrogens (tertiary/aromatic N) is 3. The van der Waals surface area contributed by atoms with E-state index in [1.165, 1.54) is 18.7 Å². The zero-order valence-electron chi connectivity index (χ0n) is 13.6. The first-order valence-corrected chi connectivity index (χ1v) is 7.95. The van der Waals surface area contributed by atoms with Crippen LogP contribution in [0.5, 0.6) is 0 Å². The van der Waals surface area contributed by atoms with Gasteiger partial charge in [-0.1, -0.05) is 35.5 Å². The molecule has 0 radical (unpaired) electrons. The zero-order valence-corrected chi connectivity index (χ0v) is 13.6. The lowest BCUT2D eigenvalue weighted by molar-refractivity contribution is 0.0941. The van der Waals surface area contributed by atoms with Gasteiger partial charge in [0, 0.05) is 11.6 Å². The Morgan fingerprint density at radius 1 is 1.00 bits per heavy atom. The Morgan fingerprint density at radius 2 is 1.88 bits per heavy atom. The number of nitrogens with one attached hydrogen (secondary N) is 1. The first-order valence-electron chi connectivity index (χ1n) is 7.95. The Kier molecular flexibility index (Phi) is 4.26. The molecule has 0 fully saturated rings. The molecule has 0 aliphatic rings. The maximum absolute atomic E-state index is 12.2. The predicted molar refractivity (Wildman–Crippen MR) is 92.8 cm³/mol. The number of amides is 1. The van der Waals surface area contributed by atoms with Crippen LogP contribution in [-0.4, -0.2) is 21.0 Å². The smallest absolute Gasteiger partial charge is 0.273 e. The van der Waals surface area contributed by atoms with Gasteiger partial charge in [0.25, 0.3) is 5.91 Å². The monoisotopic (exact) mass is 346 g/mol. The first kappa shape index (κ1) is 15.8. The van der Waals surface area contributed by atoms with Crippen LogP contribution in [0, 0.1) is 0 Å². The van der Waals surface area contributed by atoms with Gasteiger partial charge in [-0.05, 0) is 18.2 Å². The van der Waals surface area contributed by atoms with E-state index in [0.717, 1.165) is 11.3 Å². The minimum absolute atomic E-state index is 0.175. The number of aromatic nitrogens is 3. The number of hydrogen-bond acceptors (Lipinski definition) is 6. The third-order valence-corrected chi connectivity index (χ3v) is 3.73. The molecule has 0 aliphatic heterocycles. The molecular formula is C19H14N4O3. The fourth-order valence-electron chi connectivity index (χ4n) is 2.44. The molecule has 26 heavy (non-hydrogen) atoms. The van der Waals surface area contributed by atoms with Crippen LogP contribution in [0.15, 0.2) is 76.1 Å². The summed E-state index contributed by atoms with van der Waals surface area (Å²) in [6, 6.07) is 16.6. The van der Waals surface area contributed by atoms with Crippen molar-refractivity contribution >= 4 is 5.91 Å². The minimum Gasteiger partial charge on any atom is -0.461 e. The molecule has 7 heteroatoms. The van der Waals surface area contributed by atoms with Gasteiger partial charge in [0.2, 0.25) is 5.76 Å². The lowest BCUT2D eigenvalue weighted by Gasteiger charge is -2.05. The van der Waals surface area contributed by atoms with Gasteiger partial charge in [0.1, 0.15) is 6.33 Å². The summed E-state index contributed by atoms with van der Waals surface area (Å²) in [5.74, 6) is 0.555. The third kappa shape index (κ3) is 3.36. The van der Waals surface area contributed by atoms with Crippen LogP contribution in [0.1, 0.15) is 16.2 Å². The summed E-state index contributed by atoms with van der Waals surface area (Å²) in [7, 11) is 0. The van der Waals surface area contributed by atoms with Crippen molar-refractivity contribution in [3.63, 3.8) is 0 Å². The first-order chi connectivity index (χ1) is 12.8. The standard InChI is InChI=1S/C19H14N4O3/c24-19(16-10-18(26-23-16)17-7-4-8-25-17)20-11-14-9-15(22-12-21-14)13-5-2-1-3-6-13/h1-10,12H,11H2,(H,20,24). The van der Waals surface area contributed by atoms with Gasteiger partial charge in [-0.2, -0.15) is 0 Å². The number of benzene rings is 1. The van der Waals surface area contributed by atoms with Crippen molar-refractivity contribution in [3.8, 4) is 22.8 Å². The molecule has 1 N–H and O–H groups in total. The van der Waals surface area contributed by atoms with Crippen LogP contribution in [0.4, 0.5) is 0 Å². The highest BCUT2D eigenvalue weighted by molar-refractivity contribution is 5.92. The summed E-state index contributed by atoms with van der Waals surface area (Å²) in [6.45, 7) is 0.254. The molecule has 0 saturated carbocycles. The summed E-state index contributed by atoms with van der Waals surface area (Å²) in [6.07, 6.45) is 3.01. The van der Waals surface area contributed by atoms with E-state index in [2.05, 4.69) is 20.4 Å². The Balaban J connectivity index is 1.43. The zero-order chi connectivity index (χ0) is 17.8. The van der Waals surface area contributed by atoms with Crippen molar-refractivity contribution < 1.29 is 13.7 Å².